The van der Waals surface area contributed by atoms with Crippen LogP contribution in [0.3, 0.4) is 0 Å². The van der Waals surface area contributed by atoms with Crippen LogP contribution in [0.4, 0.5) is 5.69 Å². The minimum absolute atomic E-state index is 0.0492. The lowest BCUT2D eigenvalue weighted by Gasteiger charge is -2.14. The molecular weight excluding hydrogens is 329 g/mol. The lowest BCUT2D eigenvalue weighted by Crippen LogP contribution is -2.21. The summed E-state index contributed by atoms with van der Waals surface area (Å²) >= 11 is 2.21. The molecule has 0 saturated heterocycles. The van der Waals surface area contributed by atoms with Crippen molar-refractivity contribution >= 4 is 34.2 Å². The molecule has 0 radical (unpaired) electrons. The molecule has 0 aliphatic heterocycles. The van der Waals surface area contributed by atoms with Gasteiger partial charge in [-0.1, -0.05) is 6.07 Å². The van der Waals surface area contributed by atoms with Gasteiger partial charge in [0.05, 0.1) is 12.0 Å². The number of halogens is 1. The Morgan fingerprint density at radius 2 is 2.24 bits per heavy atom. The minimum atomic E-state index is -0.255. The predicted molar refractivity (Wildman–Crippen MR) is 75.6 cm³/mol. The number of rotatable bonds is 4. The van der Waals surface area contributed by atoms with E-state index in [2.05, 4.69) is 28.7 Å². The lowest BCUT2D eigenvalue weighted by molar-refractivity contribution is -0.149. The van der Waals surface area contributed by atoms with Crippen molar-refractivity contribution in [2.24, 2.45) is 5.41 Å². The first-order valence-electron chi connectivity index (χ1n) is 5.78. The third-order valence-electron chi connectivity index (χ3n) is 3.17. The Balaban J connectivity index is 2.10. The van der Waals surface area contributed by atoms with Crippen molar-refractivity contribution in [1.29, 1.82) is 0 Å². The number of anilines is 1. The van der Waals surface area contributed by atoms with Crippen molar-refractivity contribution in [3.63, 3.8) is 0 Å². The molecule has 2 N–H and O–H groups in total. The number of nitrogens with two attached hydrogens (primary N) is 1. The van der Waals surface area contributed by atoms with E-state index in [4.69, 9.17) is 10.5 Å². The number of esters is 1. The van der Waals surface area contributed by atoms with E-state index in [1.165, 1.54) is 0 Å². The van der Waals surface area contributed by atoms with Gasteiger partial charge >= 0.3 is 5.97 Å². The van der Waals surface area contributed by atoms with Crippen LogP contribution in [0.5, 0.6) is 0 Å². The first-order chi connectivity index (χ1) is 8.07. The van der Waals surface area contributed by atoms with Gasteiger partial charge in [0.2, 0.25) is 0 Å². The van der Waals surface area contributed by atoms with Gasteiger partial charge in [0, 0.05) is 9.26 Å². The lowest BCUT2D eigenvalue weighted by atomic mass is 9.96. The summed E-state index contributed by atoms with van der Waals surface area (Å²) in [5.74, 6) is -0.0492. The van der Waals surface area contributed by atoms with E-state index in [0.717, 1.165) is 34.1 Å². The van der Waals surface area contributed by atoms with Crippen LogP contribution in [0.1, 0.15) is 25.3 Å². The van der Waals surface area contributed by atoms with Crippen LogP contribution in [-0.4, -0.2) is 12.6 Å². The van der Waals surface area contributed by atoms with Gasteiger partial charge in [0.25, 0.3) is 0 Å². The number of nitrogen functional groups attached to an aromatic ring is 1. The smallest absolute Gasteiger partial charge is 0.312 e. The summed E-state index contributed by atoms with van der Waals surface area (Å²) in [5.41, 5.74) is 7.47. The minimum Gasteiger partial charge on any atom is -0.466 e. The number of benzene rings is 1. The summed E-state index contributed by atoms with van der Waals surface area (Å²) < 4.78 is 6.17. The molecule has 2 rings (SSSR count). The Morgan fingerprint density at radius 3 is 2.76 bits per heavy atom. The maximum atomic E-state index is 11.8. The Kier molecular flexibility index (Phi) is 3.61. The van der Waals surface area contributed by atoms with Crippen molar-refractivity contribution in [2.45, 2.75) is 26.2 Å². The van der Waals surface area contributed by atoms with Crippen LogP contribution in [0.15, 0.2) is 18.2 Å². The highest BCUT2D eigenvalue weighted by atomic mass is 127. The quantitative estimate of drug-likeness (QED) is 0.519. The Hall–Kier alpha value is -0.780. The third kappa shape index (κ3) is 2.73. The molecule has 4 heteroatoms. The predicted octanol–water partition coefficient (Wildman–Crippen LogP) is 2.76. The molecule has 0 unspecified atom stereocenters. The standard InChI is InChI=1S/C13H16INO2/c1-2-17-12(16)13(5-6-13)8-9-3-4-11(15)10(14)7-9/h3-4,7H,2,5-6,8,15H2,1H3. The molecule has 0 aromatic heterocycles. The zero-order chi connectivity index (χ0) is 12.5. The molecule has 17 heavy (non-hydrogen) atoms. The second-order valence-corrected chi connectivity index (χ2v) is 5.70. The highest BCUT2D eigenvalue weighted by molar-refractivity contribution is 14.1. The molecule has 92 valence electrons. The molecule has 0 amide bonds. The van der Waals surface area contributed by atoms with Gasteiger partial charge in [-0.2, -0.15) is 0 Å². The highest BCUT2D eigenvalue weighted by Gasteiger charge is 2.51. The van der Waals surface area contributed by atoms with Crippen LogP contribution in [0.2, 0.25) is 0 Å². The summed E-state index contributed by atoms with van der Waals surface area (Å²) in [7, 11) is 0. The van der Waals surface area contributed by atoms with Gasteiger partial charge in [-0.15, -0.1) is 0 Å². The maximum absolute atomic E-state index is 11.8. The van der Waals surface area contributed by atoms with Crippen LogP contribution < -0.4 is 5.73 Å². The molecule has 1 aromatic rings. The van der Waals surface area contributed by atoms with Gasteiger partial charge in [-0.3, -0.25) is 4.79 Å². The largest absolute Gasteiger partial charge is 0.466 e. The normalized spacial score (nSPS) is 16.6. The monoisotopic (exact) mass is 345 g/mol. The molecule has 0 heterocycles. The second kappa shape index (κ2) is 4.84. The number of carbonyl (C=O) groups excluding carboxylic acids is 1. The molecule has 0 atom stereocenters. The number of carbonyl (C=O) groups is 1. The topological polar surface area (TPSA) is 52.3 Å². The average molecular weight is 345 g/mol. The van der Waals surface area contributed by atoms with E-state index in [1.807, 2.05) is 19.1 Å². The number of ether oxygens (including phenoxy) is 1. The van der Waals surface area contributed by atoms with Crippen LogP contribution in [-0.2, 0) is 16.0 Å². The summed E-state index contributed by atoms with van der Waals surface area (Å²) in [6, 6.07) is 5.95. The molecule has 1 aliphatic rings. The third-order valence-corrected chi connectivity index (χ3v) is 4.10. The molecular formula is C13H16INO2. The van der Waals surface area contributed by atoms with Crippen LogP contribution in [0, 0.1) is 8.99 Å². The van der Waals surface area contributed by atoms with Crippen molar-refractivity contribution in [1.82, 2.24) is 0 Å². The van der Waals surface area contributed by atoms with E-state index in [1.54, 1.807) is 0 Å². The second-order valence-electron chi connectivity index (χ2n) is 4.53. The van der Waals surface area contributed by atoms with Crippen molar-refractivity contribution in [2.75, 3.05) is 12.3 Å². The summed E-state index contributed by atoms with van der Waals surface area (Å²) in [4.78, 5) is 11.8. The van der Waals surface area contributed by atoms with Gasteiger partial charge in [0.1, 0.15) is 0 Å². The number of hydrogen-bond acceptors (Lipinski definition) is 3. The summed E-state index contributed by atoms with van der Waals surface area (Å²) in [6.07, 6.45) is 2.64. The molecule has 1 aliphatic carbocycles. The van der Waals surface area contributed by atoms with Crippen molar-refractivity contribution in [3.05, 3.63) is 27.3 Å². The zero-order valence-corrected chi connectivity index (χ0v) is 12.0. The van der Waals surface area contributed by atoms with E-state index in [9.17, 15) is 4.79 Å². The molecule has 1 fully saturated rings. The van der Waals surface area contributed by atoms with Gasteiger partial charge in [-0.25, -0.2) is 0 Å². The fourth-order valence-electron chi connectivity index (χ4n) is 1.96. The summed E-state index contributed by atoms with van der Waals surface area (Å²) in [5, 5.41) is 0. The molecule has 1 aromatic carbocycles. The van der Waals surface area contributed by atoms with Gasteiger partial charge in [-0.05, 0) is 66.5 Å². The zero-order valence-electron chi connectivity index (χ0n) is 9.83. The fraction of sp³-hybridized carbons (Fsp3) is 0.462. The Morgan fingerprint density at radius 1 is 1.53 bits per heavy atom. The van der Waals surface area contributed by atoms with Crippen molar-refractivity contribution < 1.29 is 9.53 Å². The Bertz CT molecular complexity index is 441. The summed E-state index contributed by atoms with van der Waals surface area (Å²) in [6.45, 7) is 2.31. The van der Waals surface area contributed by atoms with Gasteiger partial charge < -0.3 is 10.5 Å². The maximum Gasteiger partial charge on any atom is 0.312 e. The molecule has 0 spiro atoms. The molecule has 3 nitrogen and oxygen atoms in total. The first kappa shape index (κ1) is 12.7. The van der Waals surface area contributed by atoms with Crippen LogP contribution in [0.25, 0.3) is 0 Å². The highest BCUT2D eigenvalue weighted by Crippen LogP contribution is 2.49. The Labute approximate surface area is 115 Å². The molecule has 0 bridgehead atoms. The van der Waals surface area contributed by atoms with Crippen LogP contribution >= 0.6 is 22.6 Å². The SMILES string of the molecule is CCOC(=O)C1(Cc2ccc(N)c(I)c2)CC1. The van der Waals surface area contributed by atoms with E-state index in [-0.39, 0.29) is 11.4 Å². The van der Waals surface area contributed by atoms with E-state index >= 15 is 0 Å². The van der Waals surface area contributed by atoms with E-state index in [0.29, 0.717) is 6.61 Å². The van der Waals surface area contributed by atoms with Gasteiger partial charge in [0.15, 0.2) is 0 Å². The van der Waals surface area contributed by atoms with E-state index < -0.39 is 0 Å². The first-order valence-corrected chi connectivity index (χ1v) is 6.86. The van der Waals surface area contributed by atoms with Crippen molar-refractivity contribution in [3.8, 4) is 0 Å². The number of hydrogen-bond donors (Lipinski definition) is 1. The average Bonchev–Trinajstić information content (AvgIpc) is 3.05. The molecule has 1 saturated carbocycles. The fourth-order valence-corrected chi connectivity index (χ4v) is 2.54.